The van der Waals surface area contributed by atoms with Crippen LogP contribution in [0.15, 0.2) is 0 Å². The Hall–Kier alpha value is -0.132. The molecule has 1 heterocycles. The van der Waals surface area contributed by atoms with Crippen molar-refractivity contribution in [2.75, 3.05) is 0 Å². The van der Waals surface area contributed by atoms with Gasteiger partial charge >= 0.3 is 21.1 Å². The Kier molecular flexibility index (Phi) is 4.63. The van der Waals surface area contributed by atoms with Crippen molar-refractivity contribution in [2.45, 2.75) is 6.92 Å². The average Bonchev–Trinajstić information content (AvgIpc) is 1.85. The third-order valence-electron chi connectivity index (χ3n) is 0.931. The summed E-state index contributed by atoms with van der Waals surface area (Å²) in [5, 5.41) is 0. The fourth-order valence-corrected chi connectivity index (χ4v) is 0.918. The number of hydrogen-bond donors (Lipinski definition) is 0. The van der Waals surface area contributed by atoms with E-state index in [1.165, 1.54) is 6.08 Å². The topological polar surface area (TPSA) is 38.7 Å². The van der Waals surface area contributed by atoms with Gasteiger partial charge in [-0.05, 0) is 6.92 Å². The molecule has 5 heteroatoms. The van der Waals surface area contributed by atoms with Crippen molar-refractivity contribution >= 4 is 20.9 Å². The summed E-state index contributed by atoms with van der Waals surface area (Å²) in [6.07, 6.45) is 1.35. The van der Waals surface area contributed by atoms with Crippen LogP contribution in [0.25, 0.3) is 6.08 Å². The van der Waals surface area contributed by atoms with Gasteiger partial charge in [0.25, 0.3) is 0 Å². The van der Waals surface area contributed by atoms with Gasteiger partial charge in [-0.25, -0.2) is 4.98 Å². The molecule has 0 aliphatic carbocycles. The maximum absolute atomic E-state index is 5.20. The molecule has 3 nitrogen and oxygen atoms in total. The minimum atomic E-state index is 0. The van der Waals surface area contributed by atoms with E-state index in [0.717, 1.165) is 0 Å². The summed E-state index contributed by atoms with van der Waals surface area (Å²) in [7, 11) is 2.39. The molecule has 56 valence electrons. The third kappa shape index (κ3) is 3.18. The molecular formula is C6H7N3PW+. The molecule has 0 saturated heterocycles. The van der Waals surface area contributed by atoms with E-state index in [9.17, 15) is 0 Å². The summed E-state index contributed by atoms with van der Waals surface area (Å²) in [5.41, 5.74) is 0.615. The predicted octanol–water partition coefficient (Wildman–Crippen LogP) is 0.124. The normalized spacial score (nSPS) is 8.55. The Morgan fingerprint density at radius 3 is 2.45 bits per heavy atom. The number of aromatic nitrogens is 3. The van der Waals surface area contributed by atoms with E-state index in [2.05, 4.69) is 24.2 Å². The van der Waals surface area contributed by atoms with Crippen LogP contribution in [0, 0.1) is 13.5 Å². The van der Waals surface area contributed by atoms with Crippen LogP contribution < -0.4 is 5.57 Å². The van der Waals surface area contributed by atoms with E-state index >= 15 is 0 Å². The van der Waals surface area contributed by atoms with Crippen LogP contribution in [0.1, 0.15) is 11.6 Å². The maximum Gasteiger partial charge on any atom is 2.00 e. The molecule has 0 aromatic carbocycles. The van der Waals surface area contributed by atoms with Crippen molar-refractivity contribution in [3.63, 3.8) is 0 Å². The summed E-state index contributed by atoms with van der Waals surface area (Å²) in [5.74, 6) is 1.19. The van der Waals surface area contributed by atoms with Gasteiger partial charge in [-0.15, -0.1) is 0 Å². The Labute approximate surface area is 82.2 Å². The van der Waals surface area contributed by atoms with Crippen molar-refractivity contribution in [1.29, 1.82) is 0 Å². The van der Waals surface area contributed by atoms with Gasteiger partial charge in [0, 0.05) is 5.82 Å². The predicted molar refractivity (Wildman–Crippen MR) is 42.7 cm³/mol. The zero-order chi connectivity index (χ0) is 7.56. The van der Waals surface area contributed by atoms with Crippen LogP contribution in [0.5, 0.6) is 0 Å². The second-order valence-electron chi connectivity index (χ2n) is 1.77. The molecule has 1 atom stereocenters. The first-order valence-electron chi connectivity index (χ1n) is 2.75. The minimum Gasteiger partial charge on any atom is -0.312 e. The SMILES string of the molecule is [CH-]=Cc1nc(C)nc(P)n1.[W+2]. The molecule has 1 aromatic heterocycles. The molecule has 0 aliphatic rings. The summed E-state index contributed by atoms with van der Waals surface area (Å²) >= 11 is 0. The van der Waals surface area contributed by atoms with Crippen molar-refractivity contribution in [2.24, 2.45) is 0 Å². The van der Waals surface area contributed by atoms with Gasteiger partial charge in [-0.2, -0.15) is 6.08 Å². The van der Waals surface area contributed by atoms with Crippen LogP contribution in [0.4, 0.5) is 0 Å². The van der Waals surface area contributed by atoms with E-state index in [0.29, 0.717) is 17.2 Å². The summed E-state index contributed by atoms with van der Waals surface area (Å²) in [6.45, 7) is 6.99. The van der Waals surface area contributed by atoms with Crippen molar-refractivity contribution in [1.82, 2.24) is 15.0 Å². The number of rotatable bonds is 1. The van der Waals surface area contributed by atoms with Gasteiger partial charge in [-0.3, -0.25) is 6.58 Å². The number of nitrogens with zero attached hydrogens (tertiary/aromatic N) is 3. The Bertz CT molecular complexity index is 244. The van der Waals surface area contributed by atoms with Crippen molar-refractivity contribution in [3.8, 4) is 0 Å². The Morgan fingerprint density at radius 2 is 2.00 bits per heavy atom. The van der Waals surface area contributed by atoms with Gasteiger partial charge < -0.3 is 9.97 Å². The van der Waals surface area contributed by atoms with Crippen LogP contribution in [0.2, 0.25) is 0 Å². The maximum atomic E-state index is 5.20. The average molecular weight is 336 g/mol. The second kappa shape index (κ2) is 4.69. The first-order valence-corrected chi connectivity index (χ1v) is 3.33. The van der Waals surface area contributed by atoms with E-state index in [4.69, 9.17) is 6.58 Å². The molecule has 0 fully saturated rings. The van der Waals surface area contributed by atoms with Gasteiger partial charge in [0.1, 0.15) is 11.4 Å². The summed E-state index contributed by atoms with van der Waals surface area (Å²) in [6, 6.07) is 0. The molecule has 0 radical (unpaired) electrons. The first-order chi connectivity index (χ1) is 4.72. The smallest absolute Gasteiger partial charge is 0.312 e. The Balaban J connectivity index is 0.000001000. The standard InChI is InChI=1S/C6H7N3P.W/c1-3-5-7-4(2)8-6(10)9-5;/h1,3H,10H2,2H3;/q-1;+2. The summed E-state index contributed by atoms with van der Waals surface area (Å²) in [4.78, 5) is 11.8. The number of aryl methyl sites for hydroxylation is 1. The molecular weight excluding hydrogens is 329 g/mol. The van der Waals surface area contributed by atoms with Crippen molar-refractivity contribution in [3.05, 3.63) is 18.2 Å². The quantitative estimate of drug-likeness (QED) is 0.541. The fraction of sp³-hybridized carbons (Fsp3) is 0.167. The Morgan fingerprint density at radius 1 is 1.36 bits per heavy atom. The van der Waals surface area contributed by atoms with Gasteiger partial charge in [0.15, 0.2) is 0 Å². The van der Waals surface area contributed by atoms with Crippen LogP contribution in [-0.2, 0) is 21.1 Å². The fourth-order valence-electron chi connectivity index (χ4n) is 0.598. The molecule has 11 heavy (non-hydrogen) atoms. The molecule has 0 spiro atoms. The molecule has 0 amide bonds. The molecule has 1 aromatic rings. The van der Waals surface area contributed by atoms with Gasteiger partial charge in [0.05, 0.1) is 0 Å². The summed E-state index contributed by atoms with van der Waals surface area (Å²) < 4.78 is 0. The zero-order valence-electron chi connectivity index (χ0n) is 5.98. The molecule has 1 rings (SSSR count). The second-order valence-corrected chi connectivity index (χ2v) is 2.28. The zero-order valence-corrected chi connectivity index (χ0v) is 10.1. The van der Waals surface area contributed by atoms with Crippen LogP contribution in [-0.4, -0.2) is 15.0 Å². The van der Waals surface area contributed by atoms with Crippen LogP contribution >= 0.6 is 9.24 Å². The molecule has 0 saturated carbocycles. The molecule has 0 N–H and O–H groups in total. The minimum absolute atomic E-state index is 0. The van der Waals surface area contributed by atoms with Crippen molar-refractivity contribution < 1.29 is 21.1 Å². The van der Waals surface area contributed by atoms with Gasteiger partial charge in [0.2, 0.25) is 0 Å². The van der Waals surface area contributed by atoms with Crippen LogP contribution in [0.3, 0.4) is 0 Å². The number of hydrogen-bond acceptors (Lipinski definition) is 3. The van der Waals surface area contributed by atoms with E-state index in [-0.39, 0.29) is 21.1 Å². The molecule has 0 bridgehead atoms. The molecule has 0 aliphatic heterocycles. The monoisotopic (exact) mass is 336 g/mol. The first kappa shape index (κ1) is 10.9. The van der Waals surface area contributed by atoms with Gasteiger partial charge in [-0.1, -0.05) is 9.24 Å². The largest absolute Gasteiger partial charge is 2.00 e. The van der Waals surface area contributed by atoms with E-state index in [1.54, 1.807) is 6.92 Å². The molecule has 1 unspecified atom stereocenters. The van der Waals surface area contributed by atoms with E-state index in [1.807, 2.05) is 0 Å². The third-order valence-corrected chi connectivity index (χ3v) is 1.19. The van der Waals surface area contributed by atoms with E-state index < -0.39 is 0 Å².